The first-order chi connectivity index (χ1) is 16.6. The van der Waals surface area contributed by atoms with Crippen molar-refractivity contribution in [3.63, 3.8) is 0 Å². The Hall–Kier alpha value is -1.84. The molecule has 1 heterocycles. The van der Waals surface area contributed by atoms with Crippen LogP contribution in [-0.2, 0) is 11.8 Å². The smallest absolute Gasteiger partial charge is 0.119 e. The molecule has 0 unspecified atom stereocenters. The van der Waals surface area contributed by atoms with Gasteiger partial charge in [0, 0.05) is 6.54 Å². The Kier molecular flexibility index (Phi) is 6.43. The van der Waals surface area contributed by atoms with E-state index in [9.17, 15) is 5.11 Å². The van der Waals surface area contributed by atoms with Gasteiger partial charge in [0.1, 0.15) is 18.5 Å². The molecule has 2 aromatic rings. The number of aliphatic hydroxyl groups excluding tert-OH is 1. The summed E-state index contributed by atoms with van der Waals surface area (Å²) in [6, 6.07) is 19.8. The SMILES string of the molecule is O[C@H](COc1ccc(C23CC4CC(CC(C4)C2)C3)cc1)CN1CCC(Cc2ccccc2)CC1. The Morgan fingerprint density at radius 3 is 2.09 bits per heavy atom. The number of hydrogen-bond donors (Lipinski definition) is 1. The van der Waals surface area contributed by atoms with Gasteiger partial charge in [0.05, 0.1) is 0 Å². The summed E-state index contributed by atoms with van der Waals surface area (Å²) in [6.07, 6.45) is 11.9. The lowest BCUT2D eigenvalue weighted by Crippen LogP contribution is -2.48. The summed E-state index contributed by atoms with van der Waals surface area (Å²) in [5.41, 5.74) is 3.43. The van der Waals surface area contributed by atoms with Gasteiger partial charge in [-0.1, -0.05) is 42.5 Å². The van der Waals surface area contributed by atoms with Crippen molar-refractivity contribution in [2.45, 2.75) is 69.3 Å². The normalized spacial score (nSPS) is 32.1. The lowest BCUT2D eigenvalue weighted by atomic mass is 9.48. The second-order valence-corrected chi connectivity index (χ2v) is 12.1. The van der Waals surface area contributed by atoms with Crippen LogP contribution in [0.2, 0.25) is 0 Å². The van der Waals surface area contributed by atoms with E-state index in [0.29, 0.717) is 18.6 Å². The van der Waals surface area contributed by atoms with Crippen LogP contribution >= 0.6 is 0 Å². The monoisotopic (exact) mass is 459 g/mol. The summed E-state index contributed by atoms with van der Waals surface area (Å²) >= 11 is 0. The van der Waals surface area contributed by atoms with Crippen molar-refractivity contribution >= 4 is 0 Å². The number of nitrogens with zero attached hydrogens (tertiary/aromatic N) is 1. The van der Waals surface area contributed by atoms with E-state index in [-0.39, 0.29) is 0 Å². The second kappa shape index (κ2) is 9.66. The molecule has 1 aliphatic heterocycles. The zero-order chi connectivity index (χ0) is 23.0. The number of hydrogen-bond acceptors (Lipinski definition) is 3. The van der Waals surface area contributed by atoms with Crippen molar-refractivity contribution in [3.05, 3.63) is 65.7 Å². The number of benzene rings is 2. The molecule has 5 aliphatic rings. The Labute approximate surface area is 205 Å². The molecule has 0 spiro atoms. The highest BCUT2D eigenvalue weighted by atomic mass is 16.5. The Bertz CT molecular complexity index is 896. The van der Waals surface area contributed by atoms with Crippen LogP contribution in [0.25, 0.3) is 0 Å². The van der Waals surface area contributed by atoms with Gasteiger partial charge < -0.3 is 14.7 Å². The van der Waals surface area contributed by atoms with E-state index in [4.69, 9.17) is 4.74 Å². The molecule has 2 aromatic carbocycles. The molecule has 3 nitrogen and oxygen atoms in total. The minimum Gasteiger partial charge on any atom is -0.491 e. The molecule has 1 N–H and O–H groups in total. The van der Waals surface area contributed by atoms with Crippen molar-refractivity contribution in [2.75, 3.05) is 26.2 Å². The molecule has 0 radical (unpaired) electrons. The van der Waals surface area contributed by atoms with Crippen LogP contribution in [0.4, 0.5) is 0 Å². The number of piperidine rings is 1. The average molecular weight is 460 g/mol. The molecule has 1 saturated heterocycles. The van der Waals surface area contributed by atoms with E-state index in [0.717, 1.165) is 42.5 Å². The Morgan fingerprint density at radius 1 is 0.853 bits per heavy atom. The first kappa shape index (κ1) is 22.6. The van der Waals surface area contributed by atoms with E-state index in [1.54, 1.807) is 0 Å². The molecule has 182 valence electrons. The number of ether oxygens (including phenoxy) is 1. The maximum atomic E-state index is 10.6. The van der Waals surface area contributed by atoms with Crippen LogP contribution in [0, 0.1) is 23.7 Å². The molecule has 0 aromatic heterocycles. The summed E-state index contributed by atoms with van der Waals surface area (Å²) in [7, 11) is 0. The molecule has 5 fully saturated rings. The van der Waals surface area contributed by atoms with Gasteiger partial charge in [-0.05, 0) is 123 Å². The van der Waals surface area contributed by atoms with Crippen LogP contribution in [0.5, 0.6) is 5.75 Å². The molecular formula is C31H41NO2. The molecule has 7 rings (SSSR count). The third-order valence-electron chi connectivity index (χ3n) is 9.49. The molecule has 34 heavy (non-hydrogen) atoms. The lowest BCUT2D eigenvalue weighted by Gasteiger charge is -2.57. The third-order valence-corrected chi connectivity index (χ3v) is 9.49. The van der Waals surface area contributed by atoms with Crippen LogP contribution in [0.15, 0.2) is 54.6 Å². The first-order valence-corrected chi connectivity index (χ1v) is 13.8. The van der Waals surface area contributed by atoms with Crippen molar-refractivity contribution in [1.29, 1.82) is 0 Å². The Balaban J connectivity index is 0.954. The number of aliphatic hydroxyl groups is 1. The summed E-state index contributed by atoms with van der Waals surface area (Å²) in [4.78, 5) is 2.41. The number of β-amino-alcohol motifs (C(OH)–C–C–N with tert-alkyl or cyclic N) is 1. The maximum absolute atomic E-state index is 10.6. The minimum absolute atomic E-state index is 0.376. The number of rotatable bonds is 8. The van der Waals surface area contributed by atoms with Gasteiger partial charge in [-0.3, -0.25) is 0 Å². The van der Waals surface area contributed by atoms with Gasteiger partial charge in [-0.2, -0.15) is 0 Å². The van der Waals surface area contributed by atoms with E-state index < -0.39 is 6.10 Å². The second-order valence-electron chi connectivity index (χ2n) is 12.1. The topological polar surface area (TPSA) is 32.7 Å². The van der Waals surface area contributed by atoms with Gasteiger partial charge in [0.2, 0.25) is 0 Å². The van der Waals surface area contributed by atoms with Crippen LogP contribution in [-0.4, -0.2) is 42.4 Å². The summed E-state index contributed by atoms with van der Waals surface area (Å²) in [5.74, 6) is 4.58. The molecule has 0 amide bonds. The van der Waals surface area contributed by atoms with Gasteiger partial charge >= 0.3 is 0 Å². The van der Waals surface area contributed by atoms with Gasteiger partial charge in [0.15, 0.2) is 0 Å². The van der Waals surface area contributed by atoms with Crippen molar-refractivity contribution in [1.82, 2.24) is 4.90 Å². The molecule has 4 bridgehead atoms. The predicted octanol–water partition coefficient (Wildman–Crippen LogP) is 5.85. The molecule has 3 heteroatoms. The fourth-order valence-corrected chi connectivity index (χ4v) is 8.23. The molecule has 4 aliphatic carbocycles. The first-order valence-electron chi connectivity index (χ1n) is 13.8. The fourth-order valence-electron chi connectivity index (χ4n) is 8.23. The van der Waals surface area contributed by atoms with Crippen LogP contribution in [0.3, 0.4) is 0 Å². The minimum atomic E-state index is -0.437. The van der Waals surface area contributed by atoms with Crippen LogP contribution in [0.1, 0.15) is 62.5 Å². The fraction of sp³-hybridized carbons (Fsp3) is 0.613. The molecule has 4 saturated carbocycles. The maximum Gasteiger partial charge on any atom is 0.119 e. The van der Waals surface area contributed by atoms with Crippen LogP contribution < -0.4 is 4.74 Å². The average Bonchev–Trinajstić information content (AvgIpc) is 2.84. The van der Waals surface area contributed by atoms with E-state index in [1.165, 1.54) is 68.9 Å². The van der Waals surface area contributed by atoms with E-state index in [2.05, 4.69) is 59.5 Å². The van der Waals surface area contributed by atoms with Gasteiger partial charge in [-0.25, -0.2) is 0 Å². The van der Waals surface area contributed by atoms with Crippen molar-refractivity contribution in [3.8, 4) is 5.75 Å². The van der Waals surface area contributed by atoms with Crippen molar-refractivity contribution < 1.29 is 9.84 Å². The quantitative estimate of drug-likeness (QED) is 0.538. The highest BCUT2D eigenvalue weighted by Gasteiger charge is 2.51. The number of likely N-dealkylation sites (tertiary alicyclic amines) is 1. The molecule has 1 atom stereocenters. The predicted molar refractivity (Wildman–Crippen MR) is 137 cm³/mol. The zero-order valence-electron chi connectivity index (χ0n) is 20.6. The lowest BCUT2D eigenvalue weighted by molar-refractivity contribution is -0.00522. The Morgan fingerprint density at radius 2 is 1.47 bits per heavy atom. The summed E-state index contributed by atoms with van der Waals surface area (Å²) in [6.45, 7) is 3.24. The van der Waals surface area contributed by atoms with E-state index >= 15 is 0 Å². The van der Waals surface area contributed by atoms with Gasteiger partial charge in [-0.15, -0.1) is 0 Å². The summed E-state index contributed by atoms with van der Waals surface area (Å²) < 4.78 is 6.01. The third kappa shape index (κ3) is 4.93. The van der Waals surface area contributed by atoms with E-state index in [1.807, 2.05) is 0 Å². The largest absolute Gasteiger partial charge is 0.491 e. The highest BCUT2D eigenvalue weighted by Crippen LogP contribution is 2.60. The van der Waals surface area contributed by atoms with Crippen molar-refractivity contribution in [2.24, 2.45) is 23.7 Å². The standard InChI is InChI=1S/C31H41NO2/c33-29(21-32-12-10-24(11-13-32)14-23-4-2-1-3-5-23)22-34-30-8-6-28(7-9-30)31-18-25-15-26(19-31)17-27(16-25)20-31/h1-9,24-27,29,33H,10-22H2/t25?,26?,27?,29-,31?/m0/s1. The highest BCUT2D eigenvalue weighted by molar-refractivity contribution is 5.34. The molecular weight excluding hydrogens is 418 g/mol. The summed E-state index contributed by atoms with van der Waals surface area (Å²) in [5, 5.41) is 10.6. The zero-order valence-corrected chi connectivity index (χ0v) is 20.6. The van der Waals surface area contributed by atoms with Gasteiger partial charge in [0.25, 0.3) is 0 Å².